The molecule has 2 aromatic carbocycles. The Hall–Kier alpha value is -3.22. The van der Waals surface area contributed by atoms with Crippen molar-refractivity contribution in [2.24, 2.45) is 0 Å². The predicted molar refractivity (Wildman–Crippen MR) is 125 cm³/mol. The SMILES string of the molecule is C=CC(=O)NC1CC(CO)N(S(=O)(=O)c2ccc(C(=O)NCCc3ccc(C(F)(F)F)cc3)cc2)C1. The fourth-order valence-corrected chi connectivity index (χ4v) is 5.58. The Kier molecular flexibility index (Phi) is 8.54. The number of nitrogens with zero attached hydrogens (tertiary/aromatic N) is 1. The van der Waals surface area contributed by atoms with Crippen molar-refractivity contribution in [3.05, 3.63) is 77.9 Å². The van der Waals surface area contributed by atoms with Gasteiger partial charge in [0.2, 0.25) is 15.9 Å². The molecule has 3 rings (SSSR count). The minimum absolute atomic E-state index is 0.0146. The highest BCUT2D eigenvalue weighted by Gasteiger charge is 2.40. The smallest absolute Gasteiger partial charge is 0.395 e. The Morgan fingerprint density at radius 3 is 2.31 bits per heavy atom. The molecule has 2 atom stereocenters. The number of carbonyl (C=O) groups excluding carboxylic acids is 2. The average molecular weight is 526 g/mol. The molecule has 0 spiro atoms. The molecular weight excluding hydrogens is 499 g/mol. The van der Waals surface area contributed by atoms with E-state index in [0.29, 0.717) is 12.0 Å². The van der Waals surface area contributed by atoms with Gasteiger partial charge in [0.1, 0.15) is 0 Å². The monoisotopic (exact) mass is 525 g/mol. The molecule has 36 heavy (non-hydrogen) atoms. The molecule has 2 amide bonds. The summed E-state index contributed by atoms with van der Waals surface area (Å²) < 4.78 is 65.3. The zero-order chi connectivity index (χ0) is 26.5. The minimum Gasteiger partial charge on any atom is -0.395 e. The lowest BCUT2D eigenvalue weighted by Crippen LogP contribution is -2.39. The summed E-state index contributed by atoms with van der Waals surface area (Å²) in [5.41, 5.74) is 0.0793. The molecule has 1 fully saturated rings. The van der Waals surface area contributed by atoms with E-state index in [1.807, 2.05) is 0 Å². The zero-order valence-electron chi connectivity index (χ0n) is 19.2. The van der Waals surface area contributed by atoms with E-state index in [-0.39, 0.29) is 30.0 Å². The summed E-state index contributed by atoms with van der Waals surface area (Å²) in [5.74, 6) is -0.905. The number of rotatable bonds is 9. The van der Waals surface area contributed by atoms with Crippen molar-refractivity contribution in [1.82, 2.24) is 14.9 Å². The first kappa shape index (κ1) is 27.4. The zero-order valence-corrected chi connectivity index (χ0v) is 20.0. The number of aliphatic hydroxyl groups excluding tert-OH is 1. The number of sulfonamides is 1. The second kappa shape index (κ2) is 11.2. The molecule has 0 radical (unpaired) electrons. The third kappa shape index (κ3) is 6.50. The number of aliphatic hydroxyl groups is 1. The molecular formula is C24H26F3N3O5S. The highest BCUT2D eigenvalue weighted by Crippen LogP contribution is 2.29. The van der Waals surface area contributed by atoms with Crippen LogP contribution in [0.1, 0.15) is 27.9 Å². The van der Waals surface area contributed by atoms with E-state index in [0.717, 1.165) is 22.5 Å². The lowest BCUT2D eigenvalue weighted by Gasteiger charge is -2.22. The minimum atomic E-state index is -4.41. The molecule has 1 heterocycles. The number of carbonyl (C=O) groups is 2. The topological polar surface area (TPSA) is 116 Å². The number of hydrogen-bond acceptors (Lipinski definition) is 5. The number of benzene rings is 2. The first-order valence-electron chi connectivity index (χ1n) is 11.1. The van der Waals surface area contributed by atoms with Crippen LogP contribution in [0.2, 0.25) is 0 Å². The normalized spacial score (nSPS) is 18.6. The molecule has 0 bridgehead atoms. The van der Waals surface area contributed by atoms with Gasteiger partial charge < -0.3 is 15.7 Å². The predicted octanol–water partition coefficient (Wildman–Crippen LogP) is 2.10. The summed E-state index contributed by atoms with van der Waals surface area (Å²) >= 11 is 0. The average Bonchev–Trinajstić information content (AvgIpc) is 3.27. The summed E-state index contributed by atoms with van der Waals surface area (Å²) in [6.07, 6.45) is -2.77. The van der Waals surface area contributed by atoms with Crippen LogP contribution < -0.4 is 10.6 Å². The van der Waals surface area contributed by atoms with Crippen molar-refractivity contribution < 1.29 is 36.3 Å². The van der Waals surface area contributed by atoms with E-state index in [4.69, 9.17) is 0 Å². The van der Waals surface area contributed by atoms with Gasteiger partial charge in [-0.05, 0) is 60.9 Å². The second-order valence-electron chi connectivity index (χ2n) is 8.28. The highest BCUT2D eigenvalue weighted by molar-refractivity contribution is 7.89. The maximum atomic E-state index is 13.1. The van der Waals surface area contributed by atoms with E-state index in [9.17, 15) is 36.3 Å². The second-order valence-corrected chi connectivity index (χ2v) is 10.2. The van der Waals surface area contributed by atoms with Crippen molar-refractivity contribution in [1.29, 1.82) is 0 Å². The molecule has 2 unspecified atom stereocenters. The van der Waals surface area contributed by atoms with Crippen LogP contribution in [0.4, 0.5) is 13.2 Å². The molecule has 194 valence electrons. The molecule has 0 aromatic heterocycles. The van der Waals surface area contributed by atoms with Crippen LogP contribution in [0.3, 0.4) is 0 Å². The highest BCUT2D eigenvalue weighted by atomic mass is 32.2. The van der Waals surface area contributed by atoms with Gasteiger partial charge in [0, 0.05) is 24.7 Å². The van der Waals surface area contributed by atoms with Gasteiger partial charge in [0.05, 0.1) is 23.1 Å². The van der Waals surface area contributed by atoms with Gasteiger partial charge in [0.15, 0.2) is 0 Å². The lowest BCUT2D eigenvalue weighted by molar-refractivity contribution is -0.137. The van der Waals surface area contributed by atoms with Crippen LogP contribution >= 0.6 is 0 Å². The fraction of sp³-hybridized carbons (Fsp3) is 0.333. The van der Waals surface area contributed by atoms with E-state index >= 15 is 0 Å². The Balaban J connectivity index is 1.59. The number of alkyl halides is 3. The summed E-state index contributed by atoms with van der Waals surface area (Å²) in [5, 5.41) is 14.9. The van der Waals surface area contributed by atoms with E-state index in [1.165, 1.54) is 36.4 Å². The fourth-order valence-electron chi connectivity index (χ4n) is 3.91. The molecule has 2 aromatic rings. The molecule has 8 nitrogen and oxygen atoms in total. The summed E-state index contributed by atoms with van der Waals surface area (Å²) in [7, 11) is -4.00. The van der Waals surface area contributed by atoms with Crippen molar-refractivity contribution in [2.75, 3.05) is 19.7 Å². The largest absolute Gasteiger partial charge is 0.416 e. The number of halogens is 3. The quantitative estimate of drug-likeness (QED) is 0.434. The first-order valence-corrected chi connectivity index (χ1v) is 12.5. The molecule has 1 aliphatic rings. The molecule has 0 saturated carbocycles. The van der Waals surface area contributed by atoms with Gasteiger partial charge in [-0.3, -0.25) is 9.59 Å². The van der Waals surface area contributed by atoms with Crippen LogP contribution in [-0.2, 0) is 27.4 Å². The number of nitrogens with one attached hydrogen (secondary N) is 2. The van der Waals surface area contributed by atoms with Gasteiger partial charge in [-0.1, -0.05) is 18.7 Å². The Labute approximate surface area is 206 Å². The van der Waals surface area contributed by atoms with Crippen LogP contribution in [0, 0.1) is 0 Å². The third-order valence-electron chi connectivity index (χ3n) is 5.81. The summed E-state index contributed by atoms with van der Waals surface area (Å²) in [4.78, 5) is 23.9. The standard InChI is InChI=1S/C24H26F3N3O5S/c1-2-22(32)29-19-13-20(15-31)30(14-19)36(34,35)21-9-5-17(6-10-21)23(33)28-12-11-16-3-7-18(8-4-16)24(25,26)27/h2-10,19-20,31H,1,11-15H2,(H,28,33)(H,29,32). The van der Waals surface area contributed by atoms with Crippen molar-refractivity contribution in [3.8, 4) is 0 Å². The molecule has 1 saturated heterocycles. The number of hydrogen-bond donors (Lipinski definition) is 3. The summed E-state index contributed by atoms with van der Waals surface area (Å²) in [6.45, 7) is 3.10. The maximum Gasteiger partial charge on any atom is 0.416 e. The van der Waals surface area contributed by atoms with Crippen molar-refractivity contribution in [2.45, 2.75) is 36.0 Å². The van der Waals surface area contributed by atoms with Crippen molar-refractivity contribution >= 4 is 21.8 Å². The summed E-state index contributed by atoms with van der Waals surface area (Å²) in [6, 6.07) is 8.73. The number of amides is 2. The third-order valence-corrected chi connectivity index (χ3v) is 7.74. The van der Waals surface area contributed by atoms with Crippen molar-refractivity contribution in [3.63, 3.8) is 0 Å². The maximum absolute atomic E-state index is 13.1. The molecule has 3 N–H and O–H groups in total. The molecule has 1 aliphatic heterocycles. The van der Waals surface area contributed by atoms with Crippen LogP contribution in [0.5, 0.6) is 0 Å². The van der Waals surface area contributed by atoms with Gasteiger partial charge in [-0.25, -0.2) is 8.42 Å². The molecule has 0 aliphatic carbocycles. The Morgan fingerprint density at radius 2 is 1.75 bits per heavy atom. The van der Waals surface area contributed by atoms with Gasteiger partial charge in [-0.2, -0.15) is 17.5 Å². The Morgan fingerprint density at radius 1 is 1.11 bits per heavy atom. The van der Waals surface area contributed by atoms with E-state index < -0.39 is 52.3 Å². The van der Waals surface area contributed by atoms with E-state index in [2.05, 4.69) is 17.2 Å². The van der Waals surface area contributed by atoms with Crippen LogP contribution in [-0.4, -0.2) is 61.4 Å². The van der Waals surface area contributed by atoms with Crippen LogP contribution in [0.15, 0.2) is 66.1 Å². The Bertz CT molecular complexity index is 1200. The van der Waals surface area contributed by atoms with E-state index in [1.54, 1.807) is 0 Å². The van der Waals surface area contributed by atoms with Crippen LogP contribution in [0.25, 0.3) is 0 Å². The van der Waals surface area contributed by atoms with Gasteiger partial charge in [-0.15, -0.1) is 0 Å². The first-order chi connectivity index (χ1) is 17.0. The van der Waals surface area contributed by atoms with Gasteiger partial charge in [0.25, 0.3) is 5.91 Å². The lowest BCUT2D eigenvalue weighted by atomic mass is 10.1. The molecule has 12 heteroatoms. The van der Waals surface area contributed by atoms with Gasteiger partial charge >= 0.3 is 6.18 Å².